The van der Waals surface area contributed by atoms with Crippen LogP contribution in [0.1, 0.15) is 15.9 Å². The van der Waals surface area contributed by atoms with Crippen molar-refractivity contribution in [3.63, 3.8) is 0 Å². The quantitative estimate of drug-likeness (QED) is 0.908. The van der Waals surface area contributed by atoms with E-state index in [1.165, 1.54) is 0 Å². The summed E-state index contributed by atoms with van der Waals surface area (Å²) in [5.74, 6) is 0.721. The lowest BCUT2D eigenvalue weighted by atomic mass is 10.1. The van der Waals surface area contributed by atoms with E-state index in [1.54, 1.807) is 4.90 Å². The number of benzene rings is 2. The van der Waals surface area contributed by atoms with Crippen molar-refractivity contribution >= 4 is 11.6 Å². The van der Waals surface area contributed by atoms with Crippen molar-refractivity contribution in [1.82, 2.24) is 0 Å². The molecule has 0 unspecified atom stereocenters. The van der Waals surface area contributed by atoms with Crippen molar-refractivity contribution < 1.29 is 9.53 Å². The standard InChI is InChI=1S/C16H16N2O2/c17-11-12-6-7-14-15(10-12)20-9-8-18(14)16(19)13-4-2-1-3-5-13/h1-7,10H,8-9,11,17H2. The van der Waals surface area contributed by atoms with Crippen LogP contribution in [0.5, 0.6) is 5.75 Å². The van der Waals surface area contributed by atoms with Gasteiger partial charge in [-0.15, -0.1) is 0 Å². The highest BCUT2D eigenvalue weighted by Gasteiger charge is 2.24. The first-order valence-electron chi connectivity index (χ1n) is 6.62. The van der Waals surface area contributed by atoms with Crippen molar-refractivity contribution in [2.45, 2.75) is 6.54 Å². The first-order valence-corrected chi connectivity index (χ1v) is 6.62. The molecule has 4 heteroatoms. The molecule has 2 aromatic rings. The Morgan fingerprint density at radius 1 is 1.20 bits per heavy atom. The molecule has 20 heavy (non-hydrogen) atoms. The van der Waals surface area contributed by atoms with E-state index in [9.17, 15) is 4.79 Å². The maximum absolute atomic E-state index is 12.6. The maximum Gasteiger partial charge on any atom is 0.258 e. The van der Waals surface area contributed by atoms with Gasteiger partial charge in [0.05, 0.1) is 12.2 Å². The van der Waals surface area contributed by atoms with Gasteiger partial charge in [-0.3, -0.25) is 4.79 Å². The highest BCUT2D eigenvalue weighted by Crippen LogP contribution is 2.33. The van der Waals surface area contributed by atoms with Gasteiger partial charge in [0.15, 0.2) is 0 Å². The summed E-state index contributed by atoms with van der Waals surface area (Å²) < 4.78 is 5.63. The smallest absolute Gasteiger partial charge is 0.258 e. The minimum atomic E-state index is -0.00403. The molecule has 0 radical (unpaired) electrons. The van der Waals surface area contributed by atoms with Crippen molar-refractivity contribution in [2.24, 2.45) is 5.73 Å². The lowest BCUT2D eigenvalue weighted by Gasteiger charge is -2.30. The zero-order valence-electron chi connectivity index (χ0n) is 11.1. The SMILES string of the molecule is NCc1ccc2c(c1)OCCN2C(=O)c1ccccc1. The normalized spacial score (nSPS) is 13.6. The van der Waals surface area contributed by atoms with Gasteiger partial charge in [-0.1, -0.05) is 24.3 Å². The number of fused-ring (bicyclic) bond motifs is 1. The minimum Gasteiger partial charge on any atom is -0.490 e. The van der Waals surface area contributed by atoms with Crippen LogP contribution in [0.3, 0.4) is 0 Å². The molecule has 1 aliphatic rings. The van der Waals surface area contributed by atoms with Crippen LogP contribution in [0.15, 0.2) is 48.5 Å². The molecule has 1 amide bonds. The molecule has 0 fully saturated rings. The molecule has 1 heterocycles. The molecule has 2 aromatic carbocycles. The lowest BCUT2D eigenvalue weighted by Crippen LogP contribution is -2.38. The fourth-order valence-corrected chi connectivity index (χ4v) is 2.34. The molecule has 1 aliphatic heterocycles. The van der Waals surface area contributed by atoms with E-state index in [1.807, 2.05) is 48.5 Å². The molecule has 0 spiro atoms. The second-order valence-electron chi connectivity index (χ2n) is 4.68. The number of nitrogens with zero attached hydrogens (tertiary/aromatic N) is 1. The van der Waals surface area contributed by atoms with Crippen LogP contribution in [0, 0.1) is 0 Å². The number of carbonyl (C=O) groups is 1. The summed E-state index contributed by atoms with van der Waals surface area (Å²) in [6.07, 6.45) is 0. The van der Waals surface area contributed by atoms with E-state index in [-0.39, 0.29) is 5.91 Å². The summed E-state index contributed by atoms with van der Waals surface area (Å²) in [6, 6.07) is 15.0. The number of rotatable bonds is 2. The summed E-state index contributed by atoms with van der Waals surface area (Å²) in [5, 5.41) is 0. The molecule has 0 saturated carbocycles. The van der Waals surface area contributed by atoms with Gasteiger partial charge in [-0.25, -0.2) is 0 Å². The van der Waals surface area contributed by atoms with E-state index in [0.717, 1.165) is 17.0 Å². The molecule has 4 nitrogen and oxygen atoms in total. The van der Waals surface area contributed by atoms with Crippen LogP contribution >= 0.6 is 0 Å². The summed E-state index contributed by atoms with van der Waals surface area (Å²) in [5.41, 5.74) is 8.12. The van der Waals surface area contributed by atoms with Gasteiger partial charge >= 0.3 is 0 Å². The third kappa shape index (κ3) is 2.26. The average molecular weight is 268 g/mol. The zero-order valence-corrected chi connectivity index (χ0v) is 11.1. The fourth-order valence-electron chi connectivity index (χ4n) is 2.34. The topological polar surface area (TPSA) is 55.6 Å². The third-order valence-corrected chi connectivity index (χ3v) is 3.39. The van der Waals surface area contributed by atoms with Crippen molar-refractivity contribution in [3.8, 4) is 5.75 Å². The zero-order chi connectivity index (χ0) is 13.9. The number of carbonyl (C=O) groups excluding carboxylic acids is 1. The monoisotopic (exact) mass is 268 g/mol. The number of ether oxygens (including phenoxy) is 1. The van der Waals surface area contributed by atoms with Crippen molar-refractivity contribution in [3.05, 3.63) is 59.7 Å². The number of hydrogen-bond acceptors (Lipinski definition) is 3. The Morgan fingerprint density at radius 2 is 2.00 bits per heavy atom. The van der Waals surface area contributed by atoms with E-state index >= 15 is 0 Å². The fraction of sp³-hybridized carbons (Fsp3) is 0.188. The molecule has 2 N–H and O–H groups in total. The maximum atomic E-state index is 12.6. The highest BCUT2D eigenvalue weighted by molar-refractivity contribution is 6.07. The molecule has 3 rings (SSSR count). The summed E-state index contributed by atoms with van der Waals surface area (Å²) in [4.78, 5) is 14.3. The molecule has 0 aliphatic carbocycles. The number of anilines is 1. The Hall–Kier alpha value is -2.33. The summed E-state index contributed by atoms with van der Waals surface area (Å²) >= 11 is 0. The van der Waals surface area contributed by atoms with Gasteiger partial charge in [0.2, 0.25) is 0 Å². The van der Waals surface area contributed by atoms with Crippen LogP contribution in [-0.2, 0) is 6.54 Å². The van der Waals surface area contributed by atoms with Gasteiger partial charge in [0.25, 0.3) is 5.91 Å². The third-order valence-electron chi connectivity index (χ3n) is 3.39. The van der Waals surface area contributed by atoms with E-state index in [2.05, 4.69) is 0 Å². The second-order valence-corrected chi connectivity index (χ2v) is 4.68. The van der Waals surface area contributed by atoms with Crippen LogP contribution in [-0.4, -0.2) is 19.1 Å². The Balaban J connectivity index is 1.96. The van der Waals surface area contributed by atoms with Gasteiger partial charge in [0, 0.05) is 12.1 Å². The Labute approximate surface area is 117 Å². The van der Waals surface area contributed by atoms with Crippen LogP contribution in [0.25, 0.3) is 0 Å². The first-order chi connectivity index (χ1) is 9.79. The molecule has 0 aromatic heterocycles. The summed E-state index contributed by atoms with van der Waals surface area (Å²) in [7, 11) is 0. The number of amides is 1. The van der Waals surface area contributed by atoms with Crippen molar-refractivity contribution in [2.75, 3.05) is 18.1 Å². The predicted molar refractivity (Wildman–Crippen MR) is 77.9 cm³/mol. The van der Waals surface area contributed by atoms with E-state index in [0.29, 0.717) is 25.3 Å². The molecule has 0 atom stereocenters. The van der Waals surface area contributed by atoms with Crippen molar-refractivity contribution in [1.29, 1.82) is 0 Å². The van der Waals surface area contributed by atoms with Gasteiger partial charge in [-0.05, 0) is 29.8 Å². The Kier molecular flexibility index (Phi) is 3.39. The summed E-state index contributed by atoms with van der Waals surface area (Å²) in [6.45, 7) is 1.52. The number of hydrogen-bond donors (Lipinski definition) is 1. The molecule has 0 saturated heterocycles. The first kappa shape index (κ1) is 12.7. The van der Waals surface area contributed by atoms with Gasteiger partial charge < -0.3 is 15.4 Å². The number of nitrogens with two attached hydrogens (primary N) is 1. The second kappa shape index (κ2) is 5.35. The molecular formula is C16H16N2O2. The Bertz CT molecular complexity index is 626. The Morgan fingerprint density at radius 3 is 2.75 bits per heavy atom. The van der Waals surface area contributed by atoms with Crippen LogP contribution < -0.4 is 15.4 Å². The van der Waals surface area contributed by atoms with Crippen LogP contribution in [0.4, 0.5) is 5.69 Å². The predicted octanol–water partition coefficient (Wildman–Crippen LogP) is 2.18. The average Bonchev–Trinajstić information content (AvgIpc) is 2.54. The van der Waals surface area contributed by atoms with E-state index in [4.69, 9.17) is 10.5 Å². The van der Waals surface area contributed by atoms with Gasteiger partial charge in [-0.2, -0.15) is 0 Å². The lowest BCUT2D eigenvalue weighted by molar-refractivity contribution is 0.0976. The largest absolute Gasteiger partial charge is 0.490 e. The van der Waals surface area contributed by atoms with Gasteiger partial charge in [0.1, 0.15) is 12.4 Å². The highest BCUT2D eigenvalue weighted by atomic mass is 16.5. The molecule has 0 bridgehead atoms. The minimum absolute atomic E-state index is 0.00403. The molecule has 102 valence electrons. The van der Waals surface area contributed by atoms with Crippen LogP contribution in [0.2, 0.25) is 0 Å². The van der Waals surface area contributed by atoms with E-state index < -0.39 is 0 Å². The molecular weight excluding hydrogens is 252 g/mol.